The molecule has 0 spiro atoms. The van der Waals surface area contributed by atoms with Crippen molar-refractivity contribution in [1.29, 1.82) is 0 Å². The van der Waals surface area contributed by atoms with Crippen molar-refractivity contribution >= 4 is 5.97 Å². The molecular formula is C16H25FO5. The van der Waals surface area contributed by atoms with E-state index in [0.717, 1.165) is 0 Å². The van der Waals surface area contributed by atoms with Gasteiger partial charge in [0, 0.05) is 6.42 Å². The summed E-state index contributed by atoms with van der Waals surface area (Å²) in [5.74, 6) is -0.937. The molecule has 0 rings (SSSR count). The predicted octanol–water partition coefficient (Wildman–Crippen LogP) is 1.74. The SMILES string of the molecule is CC[C@H](F)[C@@H](O)\C=C/C=C/C=C/[C@@H](O)[C@@H](O)CCCC(=O)O. The summed E-state index contributed by atoms with van der Waals surface area (Å²) in [5.41, 5.74) is 0. The van der Waals surface area contributed by atoms with Crippen LogP contribution in [0.2, 0.25) is 0 Å². The minimum absolute atomic E-state index is 0.0478. The summed E-state index contributed by atoms with van der Waals surface area (Å²) in [5, 5.41) is 37.0. The van der Waals surface area contributed by atoms with Crippen molar-refractivity contribution in [1.82, 2.24) is 0 Å². The van der Waals surface area contributed by atoms with Gasteiger partial charge in [0.05, 0.1) is 12.2 Å². The molecule has 0 aromatic heterocycles. The number of carboxylic acid groups (broad SMARTS) is 1. The van der Waals surface area contributed by atoms with Crippen LogP contribution in [-0.4, -0.2) is 50.9 Å². The lowest BCUT2D eigenvalue weighted by atomic mass is 10.1. The first-order chi connectivity index (χ1) is 10.4. The summed E-state index contributed by atoms with van der Waals surface area (Å²) in [6, 6.07) is 0. The number of alkyl halides is 1. The molecule has 0 heterocycles. The molecule has 0 unspecified atom stereocenters. The first-order valence-electron chi connectivity index (χ1n) is 7.30. The fraction of sp³-hybridized carbons (Fsp3) is 0.562. The first kappa shape index (κ1) is 20.5. The molecule has 0 aliphatic heterocycles. The van der Waals surface area contributed by atoms with Gasteiger partial charge in [-0.2, -0.15) is 0 Å². The summed E-state index contributed by atoms with van der Waals surface area (Å²) < 4.78 is 13.0. The number of rotatable bonds is 11. The number of allylic oxidation sites excluding steroid dienone is 4. The molecule has 0 saturated heterocycles. The fourth-order valence-electron chi connectivity index (χ4n) is 1.61. The molecule has 126 valence electrons. The third kappa shape index (κ3) is 10.3. The van der Waals surface area contributed by atoms with Crippen molar-refractivity contribution in [2.45, 2.75) is 57.1 Å². The maximum absolute atomic E-state index is 13.0. The van der Waals surface area contributed by atoms with E-state index in [-0.39, 0.29) is 19.3 Å². The lowest BCUT2D eigenvalue weighted by Crippen LogP contribution is -2.23. The molecule has 6 heteroatoms. The lowest BCUT2D eigenvalue weighted by Gasteiger charge is -2.13. The molecule has 4 N–H and O–H groups in total. The summed E-state index contributed by atoms with van der Waals surface area (Å²) in [7, 11) is 0. The molecule has 0 aliphatic rings. The van der Waals surface area contributed by atoms with Crippen LogP contribution in [0.4, 0.5) is 4.39 Å². The predicted molar refractivity (Wildman–Crippen MR) is 82.1 cm³/mol. The van der Waals surface area contributed by atoms with E-state index in [1.807, 2.05) is 0 Å². The Labute approximate surface area is 130 Å². The zero-order valence-electron chi connectivity index (χ0n) is 12.7. The van der Waals surface area contributed by atoms with Crippen molar-refractivity contribution in [3.8, 4) is 0 Å². The Morgan fingerprint density at radius 2 is 1.59 bits per heavy atom. The van der Waals surface area contributed by atoms with Gasteiger partial charge in [0.25, 0.3) is 0 Å². The summed E-state index contributed by atoms with van der Waals surface area (Å²) >= 11 is 0. The van der Waals surface area contributed by atoms with Crippen molar-refractivity contribution in [2.75, 3.05) is 0 Å². The van der Waals surface area contributed by atoms with Crippen LogP contribution in [0.3, 0.4) is 0 Å². The molecule has 0 saturated carbocycles. The molecular weight excluding hydrogens is 291 g/mol. The second-order valence-electron chi connectivity index (χ2n) is 4.91. The molecule has 0 aliphatic carbocycles. The Kier molecular flexibility index (Phi) is 11.3. The number of hydrogen-bond donors (Lipinski definition) is 4. The third-order valence-electron chi connectivity index (χ3n) is 3.00. The first-order valence-corrected chi connectivity index (χ1v) is 7.30. The molecule has 0 bridgehead atoms. The Morgan fingerprint density at radius 1 is 1.05 bits per heavy atom. The largest absolute Gasteiger partial charge is 0.481 e. The van der Waals surface area contributed by atoms with E-state index in [4.69, 9.17) is 5.11 Å². The highest BCUT2D eigenvalue weighted by molar-refractivity contribution is 5.66. The second kappa shape index (κ2) is 12.1. The highest BCUT2D eigenvalue weighted by Crippen LogP contribution is 2.07. The van der Waals surface area contributed by atoms with Crippen LogP contribution in [0, 0.1) is 0 Å². The van der Waals surface area contributed by atoms with E-state index in [0.29, 0.717) is 6.42 Å². The third-order valence-corrected chi connectivity index (χ3v) is 3.00. The van der Waals surface area contributed by atoms with E-state index in [9.17, 15) is 24.5 Å². The van der Waals surface area contributed by atoms with Gasteiger partial charge in [-0.1, -0.05) is 43.4 Å². The van der Waals surface area contributed by atoms with Gasteiger partial charge in [0.15, 0.2) is 0 Å². The van der Waals surface area contributed by atoms with Gasteiger partial charge in [-0.25, -0.2) is 4.39 Å². The van der Waals surface area contributed by atoms with Crippen LogP contribution >= 0.6 is 0 Å². The summed E-state index contributed by atoms with van der Waals surface area (Å²) in [6.45, 7) is 1.64. The fourth-order valence-corrected chi connectivity index (χ4v) is 1.61. The molecule has 5 nitrogen and oxygen atoms in total. The quantitative estimate of drug-likeness (QED) is 0.435. The van der Waals surface area contributed by atoms with Crippen LogP contribution in [0.5, 0.6) is 0 Å². The van der Waals surface area contributed by atoms with Crippen molar-refractivity contribution in [3.63, 3.8) is 0 Å². The van der Waals surface area contributed by atoms with Crippen LogP contribution in [0.25, 0.3) is 0 Å². The molecule has 0 aromatic rings. The van der Waals surface area contributed by atoms with Crippen molar-refractivity contribution in [2.24, 2.45) is 0 Å². The minimum atomic E-state index is -1.29. The summed E-state index contributed by atoms with van der Waals surface area (Å²) in [4.78, 5) is 10.3. The van der Waals surface area contributed by atoms with Crippen molar-refractivity contribution < 1.29 is 29.6 Å². The lowest BCUT2D eigenvalue weighted by molar-refractivity contribution is -0.137. The number of carboxylic acids is 1. The number of aliphatic carboxylic acids is 1. The van der Waals surface area contributed by atoms with E-state index in [1.54, 1.807) is 19.1 Å². The number of hydrogen-bond acceptors (Lipinski definition) is 4. The second-order valence-corrected chi connectivity index (χ2v) is 4.91. The molecule has 22 heavy (non-hydrogen) atoms. The molecule has 0 radical (unpaired) electrons. The Hall–Kier alpha value is -1.50. The van der Waals surface area contributed by atoms with E-state index >= 15 is 0 Å². The average molecular weight is 316 g/mol. The van der Waals surface area contributed by atoms with Crippen LogP contribution in [0.1, 0.15) is 32.6 Å². The number of halogens is 1. The van der Waals surface area contributed by atoms with E-state index < -0.39 is 30.5 Å². The Morgan fingerprint density at radius 3 is 2.09 bits per heavy atom. The Balaban J connectivity index is 4.06. The van der Waals surface area contributed by atoms with E-state index in [2.05, 4.69) is 0 Å². The zero-order valence-corrected chi connectivity index (χ0v) is 12.7. The van der Waals surface area contributed by atoms with Crippen LogP contribution in [0.15, 0.2) is 36.5 Å². The molecule has 4 atom stereocenters. The maximum Gasteiger partial charge on any atom is 0.303 e. The topological polar surface area (TPSA) is 98.0 Å². The highest BCUT2D eigenvalue weighted by atomic mass is 19.1. The van der Waals surface area contributed by atoms with Crippen LogP contribution in [-0.2, 0) is 4.79 Å². The normalized spacial score (nSPS) is 18.0. The molecule has 0 aromatic carbocycles. The van der Waals surface area contributed by atoms with Crippen molar-refractivity contribution in [3.05, 3.63) is 36.5 Å². The molecule has 0 amide bonds. The summed E-state index contributed by atoms with van der Waals surface area (Å²) in [6.07, 6.45) is 4.98. The monoisotopic (exact) mass is 316 g/mol. The Bertz CT molecular complexity index is 392. The zero-order chi connectivity index (χ0) is 17.0. The van der Waals surface area contributed by atoms with E-state index in [1.165, 1.54) is 24.3 Å². The smallest absolute Gasteiger partial charge is 0.303 e. The van der Waals surface area contributed by atoms with Gasteiger partial charge in [0.2, 0.25) is 0 Å². The number of aliphatic hydroxyl groups is 3. The van der Waals surface area contributed by atoms with Gasteiger partial charge in [-0.15, -0.1) is 0 Å². The minimum Gasteiger partial charge on any atom is -0.481 e. The van der Waals surface area contributed by atoms with Gasteiger partial charge in [0.1, 0.15) is 12.3 Å². The van der Waals surface area contributed by atoms with Gasteiger partial charge in [-0.3, -0.25) is 4.79 Å². The number of carbonyl (C=O) groups is 1. The number of aliphatic hydroxyl groups excluding tert-OH is 3. The van der Waals surface area contributed by atoms with Gasteiger partial charge >= 0.3 is 5.97 Å². The highest BCUT2D eigenvalue weighted by Gasteiger charge is 2.13. The molecule has 0 fully saturated rings. The maximum atomic E-state index is 13.0. The van der Waals surface area contributed by atoms with Gasteiger partial charge in [-0.05, 0) is 19.3 Å². The van der Waals surface area contributed by atoms with Crippen LogP contribution < -0.4 is 0 Å². The average Bonchev–Trinajstić information content (AvgIpc) is 2.48. The standard InChI is InChI=1S/C16H25FO5/c1-2-12(17)13(18)8-5-3-4-6-9-14(19)15(20)10-7-11-16(21)22/h3-6,8-9,12-15,18-20H,2,7,10-11H2,1H3,(H,21,22)/b4-3+,8-5-,9-6+/t12-,13-,14+,15-/m0/s1. The van der Waals surface area contributed by atoms with Gasteiger partial charge < -0.3 is 20.4 Å².